The highest BCUT2D eigenvalue weighted by atomic mass is 35.5. The minimum absolute atomic E-state index is 0.230. The molecule has 0 bridgehead atoms. The van der Waals surface area contributed by atoms with Gasteiger partial charge < -0.3 is 19.9 Å². The van der Waals surface area contributed by atoms with Crippen LogP contribution in [0, 0.1) is 0 Å². The van der Waals surface area contributed by atoms with Crippen molar-refractivity contribution in [3.63, 3.8) is 0 Å². The Labute approximate surface area is 130 Å². The van der Waals surface area contributed by atoms with Crippen LogP contribution in [-0.4, -0.2) is 68.7 Å². The zero-order valence-corrected chi connectivity index (χ0v) is 12.9. The number of morpholine rings is 1. The van der Waals surface area contributed by atoms with Crippen LogP contribution < -0.4 is 10.1 Å². The normalized spacial score (nSPS) is 17.6. The molecule has 2 rings (SSSR count). The highest BCUT2D eigenvalue weighted by Gasteiger charge is 2.10. The van der Waals surface area contributed by atoms with E-state index >= 15 is 0 Å². The standard InChI is InChI=1S/C15H23ClN2O3/c16-14-3-1-2-4-15(14)21-12-13(19)11-17-5-6-18-7-9-20-10-8-18/h1-4,13,17,19H,5-12H2. The van der Waals surface area contributed by atoms with Crippen LogP contribution in [-0.2, 0) is 4.74 Å². The van der Waals surface area contributed by atoms with E-state index in [1.807, 2.05) is 12.1 Å². The first-order valence-electron chi connectivity index (χ1n) is 7.32. The molecule has 1 aromatic rings. The molecule has 0 aromatic heterocycles. The quantitative estimate of drug-likeness (QED) is 0.701. The van der Waals surface area contributed by atoms with Gasteiger partial charge in [0.25, 0.3) is 0 Å². The zero-order chi connectivity index (χ0) is 14.9. The molecule has 6 heteroatoms. The van der Waals surface area contributed by atoms with Gasteiger partial charge in [-0.05, 0) is 12.1 Å². The molecule has 1 aliphatic rings. The van der Waals surface area contributed by atoms with E-state index in [0.29, 0.717) is 17.3 Å². The predicted molar refractivity (Wildman–Crippen MR) is 83.1 cm³/mol. The molecule has 1 fully saturated rings. The minimum atomic E-state index is -0.550. The molecule has 1 aliphatic heterocycles. The van der Waals surface area contributed by atoms with Crippen LogP contribution in [0.4, 0.5) is 0 Å². The molecule has 0 amide bonds. The largest absolute Gasteiger partial charge is 0.489 e. The van der Waals surface area contributed by atoms with Crippen LogP contribution in [0.2, 0.25) is 5.02 Å². The summed E-state index contributed by atoms with van der Waals surface area (Å²) in [4.78, 5) is 2.35. The molecule has 21 heavy (non-hydrogen) atoms. The molecule has 5 nitrogen and oxygen atoms in total. The molecule has 0 spiro atoms. The van der Waals surface area contributed by atoms with E-state index in [1.54, 1.807) is 12.1 Å². The first kappa shape index (κ1) is 16.5. The third kappa shape index (κ3) is 6.20. The van der Waals surface area contributed by atoms with E-state index in [9.17, 15) is 5.11 Å². The molecular weight excluding hydrogens is 292 g/mol. The molecule has 1 saturated heterocycles. The number of nitrogens with zero attached hydrogens (tertiary/aromatic N) is 1. The van der Waals surface area contributed by atoms with Gasteiger partial charge in [-0.25, -0.2) is 0 Å². The fourth-order valence-electron chi connectivity index (χ4n) is 2.14. The Balaban J connectivity index is 1.55. The average molecular weight is 315 g/mol. The topological polar surface area (TPSA) is 54.0 Å². The van der Waals surface area contributed by atoms with Crippen molar-refractivity contribution in [3.8, 4) is 5.75 Å². The van der Waals surface area contributed by atoms with Gasteiger partial charge in [0.15, 0.2) is 0 Å². The highest BCUT2D eigenvalue weighted by molar-refractivity contribution is 6.32. The van der Waals surface area contributed by atoms with Gasteiger partial charge in [0.1, 0.15) is 18.5 Å². The lowest BCUT2D eigenvalue weighted by atomic mass is 10.3. The third-order valence-corrected chi connectivity index (χ3v) is 3.67. The Morgan fingerprint density at radius 2 is 2.10 bits per heavy atom. The van der Waals surface area contributed by atoms with Crippen LogP contribution in [0.5, 0.6) is 5.75 Å². The average Bonchev–Trinajstić information content (AvgIpc) is 2.52. The molecule has 0 radical (unpaired) electrons. The summed E-state index contributed by atoms with van der Waals surface area (Å²) in [5.74, 6) is 0.603. The highest BCUT2D eigenvalue weighted by Crippen LogP contribution is 2.22. The van der Waals surface area contributed by atoms with E-state index < -0.39 is 6.10 Å². The second-order valence-corrected chi connectivity index (χ2v) is 5.46. The fraction of sp³-hybridized carbons (Fsp3) is 0.600. The van der Waals surface area contributed by atoms with Gasteiger partial charge in [-0.1, -0.05) is 23.7 Å². The van der Waals surface area contributed by atoms with Crippen molar-refractivity contribution < 1.29 is 14.6 Å². The molecule has 1 heterocycles. The molecule has 0 saturated carbocycles. The summed E-state index contributed by atoms with van der Waals surface area (Å²) < 4.78 is 10.8. The lowest BCUT2D eigenvalue weighted by molar-refractivity contribution is 0.0376. The number of aliphatic hydroxyl groups is 1. The summed E-state index contributed by atoms with van der Waals surface area (Å²) in [5, 5.41) is 13.7. The van der Waals surface area contributed by atoms with Crippen LogP contribution in [0.1, 0.15) is 0 Å². The maximum Gasteiger partial charge on any atom is 0.138 e. The first-order chi connectivity index (χ1) is 10.3. The number of nitrogens with one attached hydrogen (secondary N) is 1. The fourth-order valence-corrected chi connectivity index (χ4v) is 2.33. The molecule has 0 aliphatic carbocycles. The number of halogens is 1. The molecular formula is C15H23ClN2O3. The number of aliphatic hydroxyl groups excluding tert-OH is 1. The van der Waals surface area contributed by atoms with Gasteiger partial charge in [0.05, 0.1) is 18.2 Å². The Bertz CT molecular complexity index is 414. The second-order valence-electron chi connectivity index (χ2n) is 5.05. The molecule has 1 aromatic carbocycles. The van der Waals surface area contributed by atoms with Crippen molar-refractivity contribution in [1.82, 2.24) is 10.2 Å². The maximum absolute atomic E-state index is 9.87. The molecule has 1 atom stereocenters. The Morgan fingerprint density at radius 3 is 2.86 bits per heavy atom. The van der Waals surface area contributed by atoms with Crippen molar-refractivity contribution in [2.75, 3.05) is 52.5 Å². The van der Waals surface area contributed by atoms with Crippen molar-refractivity contribution in [2.24, 2.45) is 0 Å². The summed E-state index contributed by atoms with van der Waals surface area (Å²) in [5.41, 5.74) is 0. The SMILES string of the molecule is OC(CNCCN1CCOCC1)COc1ccccc1Cl. The summed E-state index contributed by atoms with van der Waals surface area (Å²) >= 11 is 5.98. The third-order valence-electron chi connectivity index (χ3n) is 3.36. The smallest absolute Gasteiger partial charge is 0.138 e. The van der Waals surface area contributed by atoms with Gasteiger partial charge >= 0.3 is 0 Å². The van der Waals surface area contributed by atoms with Gasteiger partial charge in [-0.15, -0.1) is 0 Å². The Hall–Kier alpha value is -0.850. The molecule has 1 unspecified atom stereocenters. The van der Waals surface area contributed by atoms with Crippen LogP contribution in [0.15, 0.2) is 24.3 Å². The predicted octanol–water partition coefficient (Wildman–Crippen LogP) is 1.00. The van der Waals surface area contributed by atoms with Gasteiger partial charge in [-0.2, -0.15) is 0 Å². The number of hydrogen-bond donors (Lipinski definition) is 2. The molecule has 2 N–H and O–H groups in total. The number of benzene rings is 1. The lowest BCUT2D eigenvalue weighted by Crippen LogP contribution is -2.41. The van der Waals surface area contributed by atoms with Crippen molar-refractivity contribution in [2.45, 2.75) is 6.10 Å². The number of hydrogen-bond acceptors (Lipinski definition) is 5. The summed E-state index contributed by atoms with van der Waals surface area (Å²) in [6.07, 6.45) is -0.550. The number of rotatable bonds is 8. The molecule has 118 valence electrons. The van der Waals surface area contributed by atoms with Crippen LogP contribution in [0.25, 0.3) is 0 Å². The Kier molecular flexibility index (Phi) is 7.26. The monoisotopic (exact) mass is 314 g/mol. The van der Waals surface area contributed by atoms with E-state index in [-0.39, 0.29) is 6.61 Å². The van der Waals surface area contributed by atoms with E-state index in [4.69, 9.17) is 21.1 Å². The van der Waals surface area contributed by atoms with E-state index in [0.717, 1.165) is 39.4 Å². The van der Waals surface area contributed by atoms with Crippen molar-refractivity contribution in [3.05, 3.63) is 29.3 Å². The maximum atomic E-state index is 9.87. The lowest BCUT2D eigenvalue weighted by Gasteiger charge is -2.26. The van der Waals surface area contributed by atoms with Crippen molar-refractivity contribution in [1.29, 1.82) is 0 Å². The first-order valence-corrected chi connectivity index (χ1v) is 7.69. The number of para-hydroxylation sites is 1. The van der Waals surface area contributed by atoms with Gasteiger partial charge in [-0.3, -0.25) is 4.90 Å². The summed E-state index contributed by atoms with van der Waals surface area (Å²) in [6.45, 7) is 6.16. The number of ether oxygens (including phenoxy) is 2. The van der Waals surface area contributed by atoms with Gasteiger partial charge in [0.2, 0.25) is 0 Å². The van der Waals surface area contributed by atoms with Crippen molar-refractivity contribution >= 4 is 11.6 Å². The van der Waals surface area contributed by atoms with Crippen LogP contribution in [0.3, 0.4) is 0 Å². The van der Waals surface area contributed by atoms with E-state index in [2.05, 4.69) is 10.2 Å². The van der Waals surface area contributed by atoms with E-state index in [1.165, 1.54) is 0 Å². The minimum Gasteiger partial charge on any atom is -0.489 e. The Morgan fingerprint density at radius 1 is 1.33 bits per heavy atom. The summed E-state index contributed by atoms with van der Waals surface area (Å²) in [6, 6.07) is 7.26. The zero-order valence-electron chi connectivity index (χ0n) is 12.1. The second kappa shape index (κ2) is 9.23. The van der Waals surface area contributed by atoms with Crippen LogP contribution >= 0.6 is 11.6 Å². The van der Waals surface area contributed by atoms with Gasteiger partial charge in [0, 0.05) is 32.7 Å². The summed E-state index contributed by atoms with van der Waals surface area (Å²) in [7, 11) is 0.